The summed E-state index contributed by atoms with van der Waals surface area (Å²) in [5.74, 6) is -0.0426. The van der Waals surface area contributed by atoms with Crippen LogP contribution < -0.4 is 10.0 Å². The Labute approximate surface area is 223 Å². The Balaban J connectivity index is 1.59. The van der Waals surface area contributed by atoms with Crippen LogP contribution in [0, 0.1) is 13.8 Å². The molecule has 0 bridgehead atoms. The number of nitrogens with one attached hydrogen (secondary N) is 2. The minimum Gasteiger partial charge on any atom is -0.301 e. The van der Waals surface area contributed by atoms with E-state index in [0.717, 1.165) is 28.8 Å². The zero-order chi connectivity index (χ0) is 25.5. The lowest BCUT2D eigenvalue weighted by molar-refractivity contribution is -0.118. The topological polar surface area (TPSA) is 71.1 Å². The van der Waals surface area contributed by atoms with Crippen molar-refractivity contribution in [3.8, 4) is 0 Å². The normalized spacial score (nSPS) is 16.5. The Bertz CT molecular complexity index is 1300. The Morgan fingerprint density at radius 3 is 2.40 bits per heavy atom. The van der Waals surface area contributed by atoms with Gasteiger partial charge >= 0.3 is 0 Å². The van der Waals surface area contributed by atoms with E-state index < -0.39 is 27.2 Å². The molecule has 1 aliphatic rings. The van der Waals surface area contributed by atoms with Crippen LogP contribution in [0.4, 0.5) is 5.13 Å². The van der Waals surface area contributed by atoms with Gasteiger partial charge in [0, 0.05) is 11.1 Å². The van der Waals surface area contributed by atoms with Crippen LogP contribution in [0.15, 0.2) is 42.6 Å². The van der Waals surface area contributed by atoms with Crippen LogP contribution in [0.1, 0.15) is 66.8 Å². The molecule has 1 heterocycles. The van der Waals surface area contributed by atoms with Crippen molar-refractivity contribution in [1.29, 1.82) is 0 Å². The molecule has 35 heavy (non-hydrogen) atoms. The molecule has 2 atom stereocenters. The SMILES string of the molecule is Cc1ccc(C2(C(=O)Nc3ncc([C@@H](N[S@](=O)C(C)(C)C)c4ccc(Cl)c(Cl)c4)s3)CC2)cc1C. The first-order chi connectivity index (χ1) is 16.4. The van der Waals surface area contributed by atoms with Crippen LogP contribution in [0.2, 0.25) is 10.0 Å². The summed E-state index contributed by atoms with van der Waals surface area (Å²) in [4.78, 5) is 18.6. The van der Waals surface area contributed by atoms with Crippen molar-refractivity contribution in [3.63, 3.8) is 0 Å². The number of carbonyl (C=O) groups excluding carboxylic acids is 1. The quantitative estimate of drug-likeness (QED) is 0.337. The Kier molecular flexibility index (Phi) is 7.47. The van der Waals surface area contributed by atoms with Gasteiger partial charge in [0.1, 0.15) is 0 Å². The first kappa shape index (κ1) is 26.3. The second-order valence-corrected chi connectivity index (χ2v) is 13.9. The van der Waals surface area contributed by atoms with E-state index in [4.69, 9.17) is 23.2 Å². The van der Waals surface area contributed by atoms with Gasteiger partial charge in [0.25, 0.3) is 0 Å². The number of amides is 1. The number of hydrogen-bond acceptors (Lipinski definition) is 4. The lowest BCUT2D eigenvalue weighted by Crippen LogP contribution is -2.36. The van der Waals surface area contributed by atoms with Crippen LogP contribution in [0.25, 0.3) is 0 Å². The molecule has 2 N–H and O–H groups in total. The molecule has 0 radical (unpaired) electrons. The number of hydrogen-bond donors (Lipinski definition) is 2. The van der Waals surface area contributed by atoms with E-state index in [1.54, 1.807) is 18.3 Å². The maximum Gasteiger partial charge on any atom is 0.236 e. The van der Waals surface area contributed by atoms with Crippen molar-refractivity contribution in [2.75, 3.05) is 5.32 Å². The van der Waals surface area contributed by atoms with Gasteiger partial charge in [-0.15, -0.1) is 0 Å². The van der Waals surface area contributed by atoms with Gasteiger partial charge in [0.15, 0.2) is 5.13 Å². The molecule has 5 nitrogen and oxygen atoms in total. The van der Waals surface area contributed by atoms with E-state index in [-0.39, 0.29) is 5.91 Å². The predicted molar refractivity (Wildman–Crippen MR) is 147 cm³/mol. The molecule has 3 aromatic rings. The van der Waals surface area contributed by atoms with Gasteiger partial charge in [-0.05, 0) is 81.8 Å². The Morgan fingerprint density at radius 1 is 1.09 bits per heavy atom. The van der Waals surface area contributed by atoms with Crippen LogP contribution >= 0.6 is 34.5 Å². The van der Waals surface area contributed by atoms with Gasteiger partial charge in [0.05, 0.1) is 37.2 Å². The average Bonchev–Trinajstić information content (AvgIpc) is 3.48. The summed E-state index contributed by atoms with van der Waals surface area (Å²) >= 11 is 13.8. The second kappa shape index (κ2) is 9.94. The van der Waals surface area contributed by atoms with Gasteiger partial charge in [0.2, 0.25) is 5.91 Å². The van der Waals surface area contributed by atoms with Crippen LogP contribution in [0.5, 0.6) is 0 Å². The van der Waals surface area contributed by atoms with Crippen molar-refractivity contribution >= 4 is 56.6 Å². The first-order valence-corrected chi connectivity index (χ1v) is 14.1. The molecule has 0 unspecified atom stereocenters. The molecule has 186 valence electrons. The van der Waals surface area contributed by atoms with Crippen molar-refractivity contribution in [1.82, 2.24) is 9.71 Å². The largest absolute Gasteiger partial charge is 0.301 e. The number of carbonyl (C=O) groups is 1. The minimum atomic E-state index is -1.35. The lowest BCUT2D eigenvalue weighted by Gasteiger charge is -2.24. The molecule has 1 fully saturated rings. The van der Waals surface area contributed by atoms with Crippen LogP contribution in [0.3, 0.4) is 0 Å². The summed E-state index contributed by atoms with van der Waals surface area (Å²) in [6, 6.07) is 11.1. The number of rotatable bonds is 7. The average molecular weight is 551 g/mol. The fraction of sp³-hybridized carbons (Fsp3) is 0.385. The van der Waals surface area contributed by atoms with Crippen LogP contribution in [-0.4, -0.2) is 19.8 Å². The van der Waals surface area contributed by atoms with Gasteiger partial charge in [-0.1, -0.05) is 58.8 Å². The number of anilines is 1. The maximum absolute atomic E-state index is 13.3. The number of nitrogens with zero attached hydrogens (tertiary/aromatic N) is 1. The molecule has 0 spiro atoms. The number of halogens is 2. The highest BCUT2D eigenvalue weighted by Crippen LogP contribution is 2.49. The van der Waals surface area contributed by atoms with E-state index >= 15 is 0 Å². The summed E-state index contributed by atoms with van der Waals surface area (Å²) in [6.07, 6.45) is 3.34. The summed E-state index contributed by atoms with van der Waals surface area (Å²) in [6.45, 7) is 9.85. The molecular weight excluding hydrogens is 521 g/mol. The maximum atomic E-state index is 13.3. The van der Waals surface area contributed by atoms with Crippen molar-refractivity contribution in [2.45, 2.75) is 63.7 Å². The predicted octanol–water partition coefficient (Wildman–Crippen LogP) is 6.88. The molecule has 4 rings (SSSR count). The standard InChI is InChI=1S/C26H29Cl2N3O2S2/c1-15-6-8-18(12-16(15)2)26(10-11-26)23(32)30-24-29-14-21(34-24)22(31-35(33)25(3,4)5)17-7-9-19(27)20(28)13-17/h6-9,12-14,22,31H,10-11H2,1-5H3,(H,29,30,32)/t22-,35+/m0/s1. The van der Waals surface area contributed by atoms with Gasteiger partial charge < -0.3 is 5.32 Å². The van der Waals surface area contributed by atoms with E-state index in [2.05, 4.69) is 41.0 Å². The monoisotopic (exact) mass is 549 g/mol. The Morgan fingerprint density at radius 2 is 1.80 bits per heavy atom. The van der Waals surface area contributed by atoms with E-state index in [1.807, 2.05) is 32.9 Å². The second-order valence-electron chi connectivity index (χ2n) is 10.0. The van der Waals surface area contributed by atoms with E-state index in [1.165, 1.54) is 22.5 Å². The molecule has 1 aliphatic carbocycles. The zero-order valence-electron chi connectivity index (χ0n) is 20.4. The zero-order valence-corrected chi connectivity index (χ0v) is 23.5. The van der Waals surface area contributed by atoms with Gasteiger partial charge in [-0.3, -0.25) is 4.79 Å². The first-order valence-electron chi connectivity index (χ1n) is 11.4. The van der Waals surface area contributed by atoms with E-state index in [9.17, 15) is 9.00 Å². The number of benzene rings is 2. The lowest BCUT2D eigenvalue weighted by atomic mass is 9.92. The summed E-state index contributed by atoms with van der Waals surface area (Å²) in [5, 5.41) is 4.40. The molecule has 2 aromatic carbocycles. The van der Waals surface area contributed by atoms with Crippen molar-refractivity contribution < 1.29 is 9.00 Å². The molecule has 1 saturated carbocycles. The van der Waals surface area contributed by atoms with E-state index in [0.29, 0.717) is 15.2 Å². The molecule has 1 amide bonds. The highest BCUT2D eigenvalue weighted by molar-refractivity contribution is 7.84. The Hall–Kier alpha value is -1.77. The highest BCUT2D eigenvalue weighted by Gasteiger charge is 2.51. The number of aryl methyl sites for hydroxylation is 2. The van der Waals surface area contributed by atoms with Crippen LogP contribution in [-0.2, 0) is 21.2 Å². The third-order valence-corrected chi connectivity index (χ3v) is 9.61. The molecular formula is C26H29Cl2N3O2S2. The fourth-order valence-electron chi connectivity index (χ4n) is 3.77. The summed E-state index contributed by atoms with van der Waals surface area (Å²) in [5.41, 5.74) is 3.75. The van der Waals surface area contributed by atoms with Crippen molar-refractivity contribution in [3.05, 3.63) is 79.8 Å². The molecule has 9 heteroatoms. The number of aromatic nitrogens is 1. The molecule has 0 saturated heterocycles. The summed E-state index contributed by atoms with van der Waals surface area (Å²) in [7, 11) is -1.35. The third-order valence-electron chi connectivity index (χ3n) is 6.33. The molecule has 1 aromatic heterocycles. The van der Waals surface area contributed by atoms with Crippen molar-refractivity contribution in [2.24, 2.45) is 0 Å². The smallest absolute Gasteiger partial charge is 0.236 e. The summed E-state index contributed by atoms with van der Waals surface area (Å²) < 4.78 is 15.7. The van der Waals surface area contributed by atoms with Gasteiger partial charge in [-0.2, -0.15) is 0 Å². The van der Waals surface area contributed by atoms with Gasteiger partial charge in [-0.25, -0.2) is 13.9 Å². The fourth-order valence-corrected chi connectivity index (χ4v) is 5.87. The number of thiazole rings is 1. The minimum absolute atomic E-state index is 0.0426. The third kappa shape index (κ3) is 5.65. The highest BCUT2D eigenvalue weighted by atomic mass is 35.5. The molecule has 0 aliphatic heterocycles.